The highest BCUT2D eigenvalue weighted by Gasteiger charge is 2.21. The number of hydrogen-bond acceptors (Lipinski definition) is 5. The van der Waals surface area contributed by atoms with Gasteiger partial charge in [-0.05, 0) is 24.5 Å². The molecular weight excluding hydrogens is 302 g/mol. The van der Waals surface area contributed by atoms with Gasteiger partial charge in [0, 0.05) is 22.6 Å². The van der Waals surface area contributed by atoms with E-state index in [9.17, 15) is 14.9 Å². The summed E-state index contributed by atoms with van der Waals surface area (Å²) in [5.41, 5.74) is 1.18. The first-order valence-electron chi connectivity index (χ1n) is 6.72. The number of nitro groups is 1. The van der Waals surface area contributed by atoms with Crippen molar-refractivity contribution in [3.63, 3.8) is 0 Å². The molecule has 1 amide bonds. The molecule has 22 heavy (non-hydrogen) atoms. The fourth-order valence-corrected chi connectivity index (χ4v) is 3.07. The van der Waals surface area contributed by atoms with Crippen molar-refractivity contribution in [1.82, 2.24) is 4.98 Å². The van der Waals surface area contributed by atoms with E-state index in [0.717, 1.165) is 10.6 Å². The third-order valence-corrected chi connectivity index (χ3v) is 4.54. The van der Waals surface area contributed by atoms with Gasteiger partial charge in [-0.3, -0.25) is 20.2 Å². The molecule has 1 aromatic heterocycles. The SMILES string of the molecule is Cc1nc(NC(=O)c2ccc([N+](=O)[O-])cc2)sc1C(C)(C)C. The van der Waals surface area contributed by atoms with Crippen molar-refractivity contribution in [2.24, 2.45) is 0 Å². The van der Waals surface area contributed by atoms with E-state index in [4.69, 9.17) is 0 Å². The third-order valence-electron chi connectivity index (χ3n) is 3.04. The zero-order valence-electron chi connectivity index (χ0n) is 12.8. The van der Waals surface area contributed by atoms with Crippen LogP contribution in [0, 0.1) is 17.0 Å². The van der Waals surface area contributed by atoms with Gasteiger partial charge in [0.05, 0.1) is 10.6 Å². The Hall–Kier alpha value is -2.28. The maximum Gasteiger partial charge on any atom is 0.269 e. The molecule has 6 nitrogen and oxygen atoms in total. The number of carbonyl (C=O) groups is 1. The lowest BCUT2D eigenvalue weighted by molar-refractivity contribution is -0.384. The van der Waals surface area contributed by atoms with Crippen LogP contribution in [0.1, 0.15) is 41.7 Å². The molecule has 0 bridgehead atoms. The smallest absolute Gasteiger partial charge is 0.269 e. The summed E-state index contributed by atoms with van der Waals surface area (Å²) in [5.74, 6) is -0.330. The lowest BCUT2D eigenvalue weighted by atomic mass is 9.94. The van der Waals surface area contributed by atoms with Crippen molar-refractivity contribution in [2.75, 3.05) is 5.32 Å². The highest BCUT2D eigenvalue weighted by Crippen LogP contribution is 2.33. The molecule has 0 radical (unpaired) electrons. The van der Waals surface area contributed by atoms with Crippen molar-refractivity contribution in [2.45, 2.75) is 33.1 Å². The monoisotopic (exact) mass is 319 g/mol. The number of aryl methyl sites for hydroxylation is 1. The van der Waals surface area contributed by atoms with Crippen LogP contribution in [0.2, 0.25) is 0 Å². The Balaban J connectivity index is 2.17. The number of thiazole rings is 1. The fraction of sp³-hybridized carbons (Fsp3) is 0.333. The summed E-state index contributed by atoms with van der Waals surface area (Å²) in [6.45, 7) is 8.19. The molecule has 7 heteroatoms. The topological polar surface area (TPSA) is 85.1 Å². The quantitative estimate of drug-likeness (QED) is 0.686. The number of aromatic nitrogens is 1. The van der Waals surface area contributed by atoms with Crippen molar-refractivity contribution < 1.29 is 9.72 Å². The van der Waals surface area contributed by atoms with Gasteiger partial charge < -0.3 is 0 Å². The number of non-ortho nitro benzene ring substituents is 1. The van der Waals surface area contributed by atoms with Crippen molar-refractivity contribution >= 4 is 28.1 Å². The Kier molecular flexibility index (Phi) is 4.27. The zero-order valence-corrected chi connectivity index (χ0v) is 13.7. The van der Waals surface area contributed by atoms with E-state index in [1.54, 1.807) is 0 Å². The molecule has 0 unspecified atom stereocenters. The summed E-state index contributed by atoms with van der Waals surface area (Å²) in [4.78, 5) is 27.7. The predicted molar refractivity (Wildman–Crippen MR) is 86.6 cm³/mol. The maximum atomic E-state index is 12.2. The highest BCUT2D eigenvalue weighted by atomic mass is 32.1. The minimum Gasteiger partial charge on any atom is -0.298 e. The van der Waals surface area contributed by atoms with Crippen LogP contribution in [-0.2, 0) is 5.41 Å². The number of anilines is 1. The number of hydrogen-bond donors (Lipinski definition) is 1. The van der Waals surface area contributed by atoms with Crippen LogP contribution < -0.4 is 5.32 Å². The van der Waals surface area contributed by atoms with Gasteiger partial charge in [0.25, 0.3) is 11.6 Å². The number of nitrogens with zero attached hydrogens (tertiary/aromatic N) is 2. The van der Waals surface area contributed by atoms with Crippen LogP contribution in [0.4, 0.5) is 10.8 Å². The molecule has 2 aromatic rings. The molecule has 0 aliphatic carbocycles. The molecular formula is C15H17N3O3S. The Morgan fingerprint density at radius 3 is 2.32 bits per heavy atom. The predicted octanol–water partition coefficient (Wildman–Crippen LogP) is 3.91. The van der Waals surface area contributed by atoms with Crippen molar-refractivity contribution in [3.05, 3.63) is 50.5 Å². The summed E-state index contributed by atoms with van der Waals surface area (Å²) < 4.78 is 0. The van der Waals surface area contributed by atoms with E-state index in [2.05, 4.69) is 31.1 Å². The number of nitro benzene ring substituents is 1. The molecule has 1 N–H and O–H groups in total. The molecule has 2 rings (SSSR count). The van der Waals surface area contributed by atoms with Gasteiger partial charge in [-0.1, -0.05) is 20.8 Å². The normalized spacial score (nSPS) is 11.3. The van der Waals surface area contributed by atoms with Crippen LogP contribution in [-0.4, -0.2) is 15.8 Å². The maximum absolute atomic E-state index is 12.2. The second kappa shape index (κ2) is 5.84. The van der Waals surface area contributed by atoms with Crippen LogP contribution in [0.3, 0.4) is 0 Å². The average Bonchev–Trinajstić information content (AvgIpc) is 2.79. The van der Waals surface area contributed by atoms with Crippen LogP contribution in [0.15, 0.2) is 24.3 Å². The van der Waals surface area contributed by atoms with E-state index in [1.165, 1.54) is 35.6 Å². The van der Waals surface area contributed by atoms with Crippen molar-refractivity contribution in [3.8, 4) is 0 Å². The third kappa shape index (κ3) is 3.48. The molecule has 0 aliphatic heterocycles. The van der Waals surface area contributed by atoms with Gasteiger partial charge in [0.15, 0.2) is 5.13 Å². The Morgan fingerprint density at radius 2 is 1.86 bits per heavy atom. The Bertz CT molecular complexity index is 715. The average molecular weight is 319 g/mol. The summed E-state index contributed by atoms with van der Waals surface area (Å²) in [5, 5.41) is 13.9. The standard InChI is InChI=1S/C15H17N3O3S/c1-9-12(15(2,3)4)22-14(16-9)17-13(19)10-5-7-11(8-6-10)18(20)21/h5-8H,1-4H3,(H,16,17,19). The van der Waals surface area contributed by atoms with Crippen LogP contribution in [0.5, 0.6) is 0 Å². The molecule has 1 aromatic carbocycles. The first kappa shape index (κ1) is 16.1. The molecule has 0 atom stereocenters. The first-order valence-corrected chi connectivity index (χ1v) is 7.54. The van der Waals surface area contributed by atoms with Crippen LogP contribution >= 0.6 is 11.3 Å². The molecule has 0 saturated carbocycles. The lowest BCUT2D eigenvalue weighted by Crippen LogP contribution is -2.11. The van der Waals surface area contributed by atoms with E-state index < -0.39 is 4.92 Å². The van der Waals surface area contributed by atoms with E-state index in [1.807, 2.05) is 6.92 Å². The first-order chi connectivity index (χ1) is 10.2. The van der Waals surface area contributed by atoms with Crippen molar-refractivity contribution in [1.29, 1.82) is 0 Å². The number of benzene rings is 1. The van der Waals surface area contributed by atoms with Gasteiger partial charge in [-0.15, -0.1) is 11.3 Å². The zero-order chi connectivity index (χ0) is 16.5. The summed E-state index contributed by atoms with van der Waals surface area (Å²) in [6.07, 6.45) is 0. The number of amides is 1. The van der Waals surface area contributed by atoms with E-state index >= 15 is 0 Å². The fourth-order valence-electron chi connectivity index (χ4n) is 2.05. The molecule has 0 aliphatic rings. The van der Waals surface area contributed by atoms with Gasteiger partial charge >= 0.3 is 0 Å². The number of nitrogens with one attached hydrogen (secondary N) is 1. The van der Waals surface area contributed by atoms with Crippen LogP contribution in [0.25, 0.3) is 0 Å². The molecule has 1 heterocycles. The minimum absolute atomic E-state index is 0.0297. The number of rotatable bonds is 3. The second-order valence-corrected chi connectivity index (χ2v) is 6.94. The lowest BCUT2D eigenvalue weighted by Gasteiger charge is -2.16. The number of carbonyl (C=O) groups excluding carboxylic acids is 1. The summed E-state index contributed by atoms with van der Waals surface area (Å²) >= 11 is 1.45. The molecule has 0 saturated heterocycles. The summed E-state index contributed by atoms with van der Waals surface area (Å²) in [7, 11) is 0. The summed E-state index contributed by atoms with van der Waals surface area (Å²) in [6, 6.07) is 5.47. The molecule has 116 valence electrons. The largest absolute Gasteiger partial charge is 0.298 e. The van der Waals surface area contributed by atoms with E-state index in [0.29, 0.717) is 10.7 Å². The highest BCUT2D eigenvalue weighted by molar-refractivity contribution is 7.16. The van der Waals surface area contributed by atoms with Gasteiger partial charge in [0.1, 0.15) is 0 Å². The molecule has 0 spiro atoms. The van der Waals surface area contributed by atoms with E-state index in [-0.39, 0.29) is 17.0 Å². The second-order valence-electron chi connectivity index (χ2n) is 5.94. The van der Waals surface area contributed by atoms with Gasteiger partial charge in [0.2, 0.25) is 0 Å². The molecule has 0 fully saturated rings. The Morgan fingerprint density at radius 1 is 1.27 bits per heavy atom. The minimum atomic E-state index is -0.499. The Labute approximate surface area is 132 Å². The van der Waals surface area contributed by atoms with Gasteiger partial charge in [-0.2, -0.15) is 0 Å². The van der Waals surface area contributed by atoms with Gasteiger partial charge in [-0.25, -0.2) is 4.98 Å².